The van der Waals surface area contributed by atoms with Crippen LogP contribution in [0.1, 0.15) is 27.2 Å². The molecule has 0 spiro atoms. The lowest BCUT2D eigenvalue weighted by atomic mass is 10.1. The van der Waals surface area contributed by atoms with E-state index in [9.17, 15) is 14.4 Å². The molecule has 0 bridgehead atoms. The van der Waals surface area contributed by atoms with E-state index in [2.05, 4.69) is 29.4 Å². The summed E-state index contributed by atoms with van der Waals surface area (Å²) in [5.41, 5.74) is 0.602. The van der Waals surface area contributed by atoms with Crippen LogP contribution in [0.15, 0.2) is 34.2 Å². The number of urea groups is 1. The van der Waals surface area contributed by atoms with Crippen LogP contribution < -0.4 is 10.9 Å². The highest BCUT2D eigenvalue weighted by molar-refractivity contribution is 8.00. The van der Waals surface area contributed by atoms with E-state index in [4.69, 9.17) is 0 Å². The molecule has 30 heavy (non-hydrogen) atoms. The second-order valence-electron chi connectivity index (χ2n) is 7.76. The number of nitrogens with zero attached hydrogens (tertiary/aromatic N) is 5. The van der Waals surface area contributed by atoms with Gasteiger partial charge in [0.2, 0.25) is 11.7 Å². The molecule has 158 valence electrons. The van der Waals surface area contributed by atoms with Crippen LogP contribution in [0.4, 0.5) is 4.79 Å². The van der Waals surface area contributed by atoms with Crippen molar-refractivity contribution in [2.24, 2.45) is 5.92 Å². The molecule has 3 heterocycles. The highest BCUT2D eigenvalue weighted by Gasteiger charge is 2.31. The summed E-state index contributed by atoms with van der Waals surface area (Å²) in [5.74, 6) is 0.619. The Labute approximate surface area is 177 Å². The van der Waals surface area contributed by atoms with Crippen LogP contribution in [-0.4, -0.2) is 54.3 Å². The molecule has 1 atom stereocenters. The van der Waals surface area contributed by atoms with Gasteiger partial charge in [-0.05, 0) is 31.4 Å². The van der Waals surface area contributed by atoms with Gasteiger partial charge in [-0.1, -0.05) is 37.7 Å². The maximum absolute atomic E-state index is 13.1. The van der Waals surface area contributed by atoms with E-state index < -0.39 is 5.25 Å². The second-order valence-corrected chi connectivity index (χ2v) is 9.06. The molecule has 9 nitrogen and oxygen atoms in total. The van der Waals surface area contributed by atoms with Crippen LogP contribution in [0, 0.1) is 5.92 Å². The van der Waals surface area contributed by atoms with Gasteiger partial charge in [0.1, 0.15) is 0 Å². The number of aromatic nitrogens is 4. The number of hydrogen-bond acceptors (Lipinski definition) is 6. The average Bonchev–Trinajstić information content (AvgIpc) is 3.33. The third-order valence-electron chi connectivity index (χ3n) is 5.16. The van der Waals surface area contributed by atoms with Crippen molar-refractivity contribution in [1.82, 2.24) is 29.4 Å². The first-order valence-corrected chi connectivity index (χ1v) is 10.9. The minimum Gasteiger partial charge on any atom is -0.336 e. The highest BCUT2D eigenvalue weighted by Crippen LogP contribution is 2.26. The highest BCUT2D eigenvalue weighted by atomic mass is 32.2. The molecule has 3 aromatic rings. The molecule has 0 aliphatic carbocycles. The molecule has 1 aliphatic heterocycles. The molecule has 1 N–H and O–H groups in total. The summed E-state index contributed by atoms with van der Waals surface area (Å²) in [6, 6.07) is 6.96. The number of aryl methyl sites for hydroxylation is 1. The van der Waals surface area contributed by atoms with Crippen molar-refractivity contribution in [2.45, 2.75) is 44.1 Å². The number of imide groups is 1. The third-order valence-corrected chi connectivity index (χ3v) is 6.19. The Kier molecular flexibility index (Phi) is 5.50. The van der Waals surface area contributed by atoms with Crippen molar-refractivity contribution < 1.29 is 9.59 Å². The molecule has 1 saturated heterocycles. The number of rotatable bonds is 6. The maximum atomic E-state index is 13.1. The monoisotopic (exact) mass is 428 g/mol. The van der Waals surface area contributed by atoms with Gasteiger partial charge in [-0.3, -0.25) is 23.5 Å². The number of benzene rings is 1. The van der Waals surface area contributed by atoms with Gasteiger partial charge in [0, 0.05) is 19.6 Å². The number of carbonyl (C=O) groups is 2. The second kappa shape index (κ2) is 8.10. The fourth-order valence-electron chi connectivity index (χ4n) is 3.51. The lowest BCUT2D eigenvalue weighted by Gasteiger charge is -2.17. The normalized spacial score (nSPS) is 15.3. The first kappa shape index (κ1) is 20.4. The first-order chi connectivity index (χ1) is 14.4. The van der Waals surface area contributed by atoms with Crippen LogP contribution in [0.2, 0.25) is 0 Å². The number of fused-ring (bicyclic) bond motifs is 3. The summed E-state index contributed by atoms with van der Waals surface area (Å²) in [5, 5.41) is 11.8. The van der Waals surface area contributed by atoms with E-state index in [1.807, 2.05) is 22.6 Å². The Morgan fingerprint density at radius 3 is 2.67 bits per heavy atom. The van der Waals surface area contributed by atoms with Crippen molar-refractivity contribution in [1.29, 1.82) is 0 Å². The van der Waals surface area contributed by atoms with Crippen molar-refractivity contribution in [3.8, 4) is 0 Å². The van der Waals surface area contributed by atoms with E-state index in [0.717, 1.165) is 6.42 Å². The van der Waals surface area contributed by atoms with E-state index >= 15 is 0 Å². The van der Waals surface area contributed by atoms with Crippen LogP contribution in [0.5, 0.6) is 0 Å². The molecule has 0 radical (unpaired) electrons. The van der Waals surface area contributed by atoms with E-state index in [-0.39, 0.29) is 17.5 Å². The zero-order chi connectivity index (χ0) is 21.4. The Hall–Kier alpha value is -2.88. The van der Waals surface area contributed by atoms with Crippen LogP contribution in [-0.2, 0) is 11.3 Å². The maximum Gasteiger partial charge on any atom is 0.324 e. The summed E-state index contributed by atoms with van der Waals surface area (Å²) >= 11 is 1.23. The minimum absolute atomic E-state index is 0.0967. The van der Waals surface area contributed by atoms with E-state index in [0.29, 0.717) is 47.4 Å². The molecule has 4 rings (SSSR count). The summed E-state index contributed by atoms with van der Waals surface area (Å²) in [6.07, 6.45) is 0.836. The van der Waals surface area contributed by atoms with Crippen molar-refractivity contribution in [3.05, 3.63) is 34.6 Å². The van der Waals surface area contributed by atoms with Gasteiger partial charge in [0.15, 0.2) is 5.16 Å². The lowest BCUT2D eigenvalue weighted by Crippen LogP contribution is -2.39. The van der Waals surface area contributed by atoms with E-state index in [1.165, 1.54) is 16.7 Å². The molecule has 1 fully saturated rings. The predicted octanol–water partition coefficient (Wildman–Crippen LogP) is 2.12. The molecular weight excluding hydrogens is 404 g/mol. The predicted molar refractivity (Wildman–Crippen MR) is 115 cm³/mol. The summed E-state index contributed by atoms with van der Waals surface area (Å²) in [6.45, 7) is 7.32. The van der Waals surface area contributed by atoms with Gasteiger partial charge in [-0.2, -0.15) is 0 Å². The van der Waals surface area contributed by atoms with Gasteiger partial charge in [-0.25, -0.2) is 4.79 Å². The van der Waals surface area contributed by atoms with Crippen LogP contribution in [0.3, 0.4) is 0 Å². The number of carbonyl (C=O) groups excluding carboxylic acids is 2. The van der Waals surface area contributed by atoms with Gasteiger partial charge < -0.3 is 5.32 Å². The van der Waals surface area contributed by atoms with E-state index in [1.54, 1.807) is 17.6 Å². The van der Waals surface area contributed by atoms with Gasteiger partial charge in [-0.15, -0.1) is 10.2 Å². The number of thioether (sulfide) groups is 1. The summed E-state index contributed by atoms with van der Waals surface area (Å²) < 4.78 is 3.48. The number of hydrogen-bond donors (Lipinski definition) is 1. The number of para-hydroxylation sites is 1. The third kappa shape index (κ3) is 3.55. The summed E-state index contributed by atoms with van der Waals surface area (Å²) in [7, 11) is 0. The smallest absolute Gasteiger partial charge is 0.324 e. The van der Waals surface area contributed by atoms with Gasteiger partial charge in [0.05, 0.1) is 16.2 Å². The van der Waals surface area contributed by atoms with Gasteiger partial charge >= 0.3 is 6.03 Å². The Morgan fingerprint density at radius 1 is 1.20 bits per heavy atom. The fourth-order valence-corrected chi connectivity index (χ4v) is 4.43. The molecule has 1 unspecified atom stereocenters. The van der Waals surface area contributed by atoms with Crippen LogP contribution in [0.25, 0.3) is 16.7 Å². The lowest BCUT2D eigenvalue weighted by molar-refractivity contribution is -0.126. The Morgan fingerprint density at radius 2 is 1.97 bits per heavy atom. The first-order valence-electron chi connectivity index (χ1n) is 10.0. The number of nitrogens with one attached hydrogen (secondary N) is 1. The zero-order valence-corrected chi connectivity index (χ0v) is 18.0. The molecule has 0 saturated carbocycles. The van der Waals surface area contributed by atoms with Crippen molar-refractivity contribution in [3.63, 3.8) is 0 Å². The van der Waals surface area contributed by atoms with Crippen molar-refractivity contribution >= 4 is 40.4 Å². The number of amides is 3. The molecule has 2 aromatic heterocycles. The van der Waals surface area contributed by atoms with Crippen molar-refractivity contribution in [2.75, 3.05) is 13.1 Å². The standard InChI is InChI=1S/C20H24N6O3S/c1-12(2)8-10-24-17(28)14-6-4-5-7-15(14)26-18(24)22-23-20(26)30-13(3)16(27)25-11-9-21-19(25)29/h4-7,12-13H,8-11H2,1-3H3,(H,21,29). The quantitative estimate of drug-likeness (QED) is 0.604. The molecular formula is C20H24N6O3S. The average molecular weight is 429 g/mol. The minimum atomic E-state index is -0.531. The molecule has 1 aliphatic rings. The zero-order valence-electron chi connectivity index (χ0n) is 17.2. The topological polar surface area (TPSA) is 102 Å². The van der Waals surface area contributed by atoms with Gasteiger partial charge in [0.25, 0.3) is 5.56 Å². The SMILES string of the molecule is CC(C)CCn1c(=O)c2ccccc2n2c(SC(C)C(=O)N3CCNC3=O)nnc12. The molecule has 1 aromatic carbocycles. The summed E-state index contributed by atoms with van der Waals surface area (Å²) in [4.78, 5) is 38.8. The Bertz CT molecular complexity index is 1180. The largest absolute Gasteiger partial charge is 0.336 e. The van der Waals surface area contributed by atoms with Crippen LogP contribution >= 0.6 is 11.8 Å². The molecule has 3 amide bonds. The Balaban J connectivity index is 1.77. The molecule has 10 heteroatoms. The fraction of sp³-hybridized carbons (Fsp3) is 0.450.